The summed E-state index contributed by atoms with van der Waals surface area (Å²) in [6, 6.07) is 10.2. The summed E-state index contributed by atoms with van der Waals surface area (Å²) in [6.07, 6.45) is 0.958. The number of fused-ring (bicyclic) bond motifs is 1. The van der Waals surface area contributed by atoms with Gasteiger partial charge in [0.25, 0.3) is 0 Å². The van der Waals surface area contributed by atoms with Crippen molar-refractivity contribution < 1.29 is 23.8 Å². The first-order valence-corrected chi connectivity index (χ1v) is 9.01. The molecule has 0 fully saturated rings. The number of halogens is 1. The van der Waals surface area contributed by atoms with E-state index in [0.717, 1.165) is 0 Å². The van der Waals surface area contributed by atoms with E-state index in [1.54, 1.807) is 36.4 Å². The van der Waals surface area contributed by atoms with Gasteiger partial charge in [0.2, 0.25) is 5.91 Å². The second-order valence-electron chi connectivity index (χ2n) is 6.03. The van der Waals surface area contributed by atoms with Gasteiger partial charge in [0.05, 0.1) is 12.1 Å². The van der Waals surface area contributed by atoms with Crippen LogP contribution in [0, 0.1) is 0 Å². The van der Waals surface area contributed by atoms with Crippen molar-refractivity contribution in [3.05, 3.63) is 47.0 Å². The molecule has 1 aliphatic rings. The van der Waals surface area contributed by atoms with E-state index in [0.29, 0.717) is 53.2 Å². The normalized spacial score (nSPS) is 12.4. The van der Waals surface area contributed by atoms with Crippen molar-refractivity contribution in [3.8, 4) is 17.2 Å². The van der Waals surface area contributed by atoms with Crippen molar-refractivity contribution in [1.29, 1.82) is 0 Å². The number of methoxy groups -OCH3 is 1. The predicted octanol–water partition coefficient (Wildman–Crippen LogP) is 4.11. The smallest absolute Gasteiger partial charge is 0.224 e. The number of Topliss-reactive ketones (excluding diaryl/α,β-unsaturated/α-hetero) is 1. The molecule has 0 radical (unpaired) electrons. The molecule has 27 heavy (non-hydrogen) atoms. The molecule has 142 valence electrons. The number of benzene rings is 2. The molecule has 0 aromatic heterocycles. The third-order valence-corrected chi connectivity index (χ3v) is 4.40. The number of hydrogen-bond acceptors (Lipinski definition) is 5. The zero-order valence-corrected chi connectivity index (χ0v) is 15.7. The lowest BCUT2D eigenvalue weighted by Crippen LogP contribution is -2.16. The van der Waals surface area contributed by atoms with Crippen LogP contribution >= 0.6 is 11.6 Å². The summed E-state index contributed by atoms with van der Waals surface area (Å²) in [5, 5.41) is 3.18. The number of ether oxygens (including phenoxy) is 3. The van der Waals surface area contributed by atoms with Crippen LogP contribution in [-0.2, 0) is 4.79 Å². The maximum atomic E-state index is 12.3. The molecule has 0 saturated carbocycles. The topological polar surface area (TPSA) is 73.9 Å². The van der Waals surface area contributed by atoms with E-state index in [1.807, 2.05) is 0 Å². The average Bonchev–Trinajstić information content (AvgIpc) is 2.67. The number of carbonyl (C=O) groups excluding carboxylic acids is 2. The third kappa shape index (κ3) is 4.92. The van der Waals surface area contributed by atoms with Gasteiger partial charge in [0.15, 0.2) is 17.3 Å². The summed E-state index contributed by atoms with van der Waals surface area (Å²) in [6.45, 7) is 0.981. The molecule has 2 aromatic carbocycles. The number of carbonyl (C=O) groups is 2. The van der Waals surface area contributed by atoms with Crippen LogP contribution in [0.3, 0.4) is 0 Å². The molecular formula is C20H20ClNO5. The highest BCUT2D eigenvalue weighted by molar-refractivity contribution is 6.32. The largest absolute Gasteiger partial charge is 0.495 e. The van der Waals surface area contributed by atoms with Gasteiger partial charge >= 0.3 is 0 Å². The van der Waals surface area contributed by atoms with Crippen molar-refractivity contribution in [2.75, 3.05) is 25.6 Å². The second-order valence-corrected chi connectivity index (χ2v) is 6.44. The molecule has 1 N–H and O–H groups in total. The number of rotatable bonds is 7. The van der Waals surface area contributed by atoms with Gasteiger partial charge in [-0.15, -0.1) is 0 Å². The first-order chi connectivity index (χ1) is 13.1. The molecule has 6 nitrogen and oxygen atoms in total. The summed E-state index contributed by atoms with van der Waals surface area (Å²) in [5.74, 6) is 1.56. The van der Waals surface area contributed by atoms with Gasteiger partial charge in [0, 0.05) is 24.1 Å². The fraction of sp³-hybridized carbons (Fsp3) is 0.300. The van der Waals surface area contributed by atoms with Gasteiger partial charge < -0.3 is 19.5 Å². The Morgan fingerprint density at radius 3 is 2.59 bits per heavy atom. The van der Waals surface area contributed by atoms with Crippen molar-refractivity contribution >= 4 is 29.0 Å². The van der Waals surface area contributed by atoms with Crippen molar-refractivity contribution in [2.45, 2.75) is 19.3 Å². The summed E-state index contributed by atoms with van der Waals surface area (Å²) in [7, 11) is 1.53. The Morgan fingerprint density at radius 2 is 1.85 bits per heavy atom. The minimum Gasteiger partial charge on any atom is -0.495 e. The SMILES string of the molecule is COc1ccc(NC(=O)CCCC(=O)c2ccc3c(c2)OCCO3)cc1Cl. The Kier molecular flexibility index (Phi) is 6.19. The van der Waals surface area contributed by atoms with Crippen LogP contribution in [0.5, 0.6) is 17.2 Å². The number of anilines is 1. The molecule has 0 atom stereocenters. The second kappa shape index (κ2) is 8.77. The zero-order chi connectivity index (χ0) is 19.2. The van der Waals surface area contributed by atoms with E-state index >= 15 is 0 Å². The Hall–Kier alpha value is -2.73. The quantitative estimate of drug-likeness (QED) is 0.721. The molecule has 0 saturated heterocycles. The first kappa shape index (κ1) is 19.0. The van der Waals surface area contributed by atoms with E-state index in [2.05, 4.69) is 5.32 Å². The Balaban J connectivity index is 1.48. The number of hydrogen-bond donors (Lipinski definition) is 1. The molecule has 0 unspecified atom stereocenters. The number of ketones is 1. The Bertz CT molecular complexity index is 852. The van der Waals surface area contributed by atoms with Crippen LogP contribution in [0.2, 0.25) is 5.02 Å². The van der Waals surface area contributed by atoms with Gasteiger partial charge in [-0.1, -0.05) is 11.6 Å². The summed E-state index contributed by atoms with van der Waals surface area (Å²) in [5.41, 5.74) is 1.14. The maximum Gasteiger partial charge on any atom is 0.224 e. The molecule has 1 aliphatic heterocycles. The van der Waals surface area contributed by atoms with E-state index in [1.165, 1.54) is 7.11 Å². The highest BCUT2D eigenvalue weighted by Gasteiger charge is 2.15. The zero-order valence-electron chi connectivity index (χ0n) is 14.9. The fourth-order valence-corrected chi connectivity index (χ4v) is 3.00. The van der Waals surface area contributed by atoms with E-state index in [9.17, 15) is 9.59 Å². The van der Waals surface area contributed by atoms with Gasteiger partial charge in [-0.25, -0.2) is 0 Å². The van der Waals surface area contributed by atoms with Gasteiger partial charge in [-0.3, -0.25) is 9.59 Å². The van der Waals surface area contributed by atoms with Crippen molar-refractivity contribution in [1.82, 2.24) is 0 Å². The van der Waals surface area contributed by atoms with Crippen LogP contribution < -0.4 is 19.5 Å². The van der Waals surface area contributed by atoms with Gasteiger partial charge in [0.1, 0.15) is 19.0 Å². The van der Waals surface area contributed by atoms with E-state index < -0.39 is 0 Å². The van der Waals surface area contributed by atoms with Crippen LogP contribution in [0.1, 0.15) is 29.6 Å². The molecule has 7 heteroatoms. The lowest BCUT2D eigenvalue weighted by atomic mass is 10.0. The summed E-state index contributed by atoms with van der Waals surface area (Å²) in [4.78, 5) is 24.4. The Labute approximate surface area is 162 Å². The summed E-state index contributed by atoms with van der Waals surface area (Å²) >= 11 is 6.04. The molecule has 2 aromatic rings. The summed E-state index contributed by atoms with van der Waals surface area (Å²) < 4.78 is 16.0. The van der Waals surface area contributed by atoms with Crippen LogP contribution in [0.4, 0.5) is 5.69 Å². The third-order valence-electron chi connectivity index (χ3n) is 4.11. The monoisotopic (exact) mass is 389 g/mol. The van der Waals surface area contributed by atoms with Gasteiger partial charge in [-0.2, -0.15) is 0 Å². The van der Waals surface area contributed by atoms with E-state index in [-0.39, 0.29) is 24.5 Å². The van der Waals surface area contributed by atoms with Crippen LogP contribution in [0.25, 0.3) is 0 Å². The maximum absolute atomic E-state index is 12.3. The lowest BCUT2D eigenvalue weighted by molar-refractivity contribution is -0.116. The number of amides is 1. The standard InChI is InChI=1S/C20H20ClNO5/c1-25-17-8-6-14(12-15(17)21)22-20(24)4-2-3-16(23)13-5-7-18-19(11-13)27-10-9-26-18/h5-8,11-12H,2-4,9-10H2,1H3,(H,22,24). The Morgan fingerprint density at radius 1 is 1.07 bits per heavy atom. The van der Waals surface area contributed by atoms with Crippen molar-refractivity contribution in [3.63, 3.8) is 0 Å². The van der Waals surface area contributed by atoms with Gasteiger partial charge in [-0.05, 0) is 42.8 Å². The van der Waals surface area contributed by atoms with Crippen molar-refractivity contribution in [2.24, 2.45) is 0 Å². The lowest BCUT2D eigenvalue weighted by Gasteiger charge is -2.18. The highest BCUT2D eigenvalue weighted by atomic mass is 35.5. The average molecular weight is 390 g/mol. The highest BCUT2D eigenvalue weighted by Crippen LogP contribution is 2.31. The first-order valence-electron chi connectivity index (χ1n) is 8.63. The minimum absolute atomic E-state index is 0.0349. The minimum atomic E-state index is -0.175. The van der Waals surface area contributed by atoms with Crippen LogP contribution in [-0.4, -0.2) is 32.0 Å². The molecule has 3 rings (SSSR count). The molecule has 0 bridgehead atoms. The van der Waals surface area contributed by atoms with E-state index in [4.69, 9.17) is 25.8 Å². The van der Waals surface area contributed by atoms with Crippen LogP contribution in [0.15, 0.2) is 36.4 Å². The molecular weight excluding hydrogens is 370 g/mol. The molecule has 1 heterocycles. The fourth-order valence-electron chi connectivity index (χ4n) is 2.74. The number of nitrogens with one attached hydrogen (secondary N) is 1. The molecule has 1 amide bonds. The molecule has 0 aliphatic carbocycles. The predicted molar refractivity (Wildman–Crippen MR) is 102 cm³/mol. The molecule has 0 spiro atoms.